The molecule has 1 amide bonds. The molecule has 0 aliphatic carbocycles. The average molecular weight is 250 g/mol. The van der Waals surface area contributed by atoms with Crippen LogP contribution in [0.4, 0.5) is 5.69 Å². The molecule has 0 fully saturated rings. The van der Waals surface area contributed by atoms with E-state index >= 15 is 0 Å². The minimum absolute atomic E-state index is 0.131. The summed E-state index contributed by atoms with van der Waals surface area (Å²) >= 11 is 1.83. The number of fused-ring (bicyclic) bond motifs is 1. The van der Waals surface area contributed by atoms with Crippen molar-refractivity contribution in [1.29, 1.82) is 0 Å². The van der Waals surface area contributed by atoms with Crippen molar-refractivity contribution in [1.82, 2.24) is 0 Å². The van der Waals surface area contributed by atoms with Gasteiger partial charge in [-0.1, -0.05) is 13.0 Å². The molecular weight excluding hydrogens is 232 g/mol. The van der Waals surface area contributed by atoms with Crippen molar-refractivity contribution in [3.05, 3.63) is 23.8 Å². The van der Waals surface area contributed by atoms with Crippen molar-refractivity contribution >= 4 is 23.4 Å². The summed E-state index contributed by atoms with van der Waals surface area (Å²) in [5.41, 5.74) is 7.70. The first-order valence-corrected chi connectivity index (χ1v) is 6.77. The van der Waals surface area contributed by atoms with Gasteiger partial charge in [0.2, 0.25) is 5.91 Å². The molecule has 0 saturated heterocycles. The Labute approximate surface area is 106 Å². The van der Waals surface area contributed by atoms with E-state index in [0.717, 1.165) is 12.2 Å². The standard InChI is InChI=1S/C13H18N2OS/c1-9-3-4-12-11(7-9)15(8-10(2)17-12)13(16)5-6-14/h3-4,7,10H,5-6,8,14H2,1-2H3. The van der Waals surface area contributed by atoms with Gasteiger partial charge in [0, 0.05) is 29.7 Å². The van der Waals surface area contributed by atoms with Gasteiger partial charge in [0.1, 0.15) is 0 Å². The Morgan fingerprint density at radius 1 is 1.59 bits per heavy atom. The van der Waals surface area contributed by atoms with Gasteiger partial charge < -0.3 is 10.6 Å². The van der Waals surface area contributed by atoms with E-state index in [1.165, 1.54) is 10.5 Å². The summed E-state index contributed by atoms with van der Waals surface area (Å²) in [4.78, 5) is 15.1. The molecule has 2 rings (SSSR count). The lowest BCUT2D eigenvalue weighted by molar-refractivity contribution is -0.118. The van der Waals surface area contributed by atoms with Crippen LogP contribution in [0.3, 0.4) is 0 Å². The number of hydrogen-bond acceptors (Lipinski definition) is 3. The summed E-state index contributed by atoms with van der Waals surface area (Å²) in [5, 5.41) is 0.437. The Kier molecular flexibility index (Phi) is 3.74. The maximum Gasteiger partial charge on any atom is 0.228 e. The topological polar surface area (TPSA) is 46.3 Å². The third-order valence-corrected chi connectivity index (χ3v) is 3.98. The number of anilines is 1. The summed E-state index contributed by atoms with van der Waals surface area (Å²) in [7, 11) is 0. The minimum Gasteiger partial charge on any atom is -0.330 e. The number of rotatable bonds is 2. The molecule has 17 heavy (non-hydrogen) atoms. The van der Waals surface area contributed by atoms with Gasteiger partial charge in [0.05, 0.1) is 5.69 Å². The number of amides is 1. The fraction of sp³-hybridized carbons (Fsp3) is 0.462. The lowest BCUT2D eigenvalue weighted by atomic mass is 10.2. The molecule has 1 aromatic rings. The average Bonchev–Trinajstić information content (AvgIpc) is 2.29. The highest BCUT2D eigenvalue weighted by atomic mass is 32.2. The lowest BCUT2D eigenvalue weighted by Gasteiger charge is -2.33. The van der Waals surface area contributed by atoms with Crippen molar-refractivity contribution in [3.8, 4) is 0 Å². The van der Waals surface area contributed by atoms with E-state index in [1.54, 1.807) is 0 Å². The molecule has 2 N–H and O–H groups in total. The molecule has 92 valence electrons. The van der Waals surface area contributed by atoms with Gasteiger partial charge >= 0.3 is 0 Å². The van der Waals surface area contributed by atoms with Crippen LogP contribution in [-0.2, 0) is 4.79 Å². The smallest absolute Gasteiger partial charge is 0.228 e. The van der Waals surface area contributed by atoms with Crippen LogP contribution in [0.1, 0.15) is 18.9 Å². The van der Waals surface area contributed by atoms with Crippen molar-refractivity contribution < 1.29 is 4.79 Å². The molecule has 3 nitrogen and oxygen atoms in total. The van der Waals surface area contributed by atoms with Crippen LogP contribution in [0.25, 0.3) is 0 Å². The zero-order valence-corrected chi connectivity index (χ0v) is 11.1. The van der Waals surface area contributed by atoms with E-state index in [0.29, 0.717) is 18.2 Å². The van der Waals surface area contributed by atoms with E-state index in [9.17, 15) is 4.79 Å². The first-order chi connectivity index (χ1) is 8.11. The van der Waals surface area contributed by atoms with Crippen molar-refractivity contribution in [2.75, 3.05) is 18.0 Å². The van der Waals surface area contributed by atoms with Crippen LogP contribution in [0.15, 0.2) is 23.1 Å². The third-order valence-electron chi connectivity index (χ3n) is 2.83. The van der Waals surface area contributed by atoms with Crippen molar-refractivity contribution in [3.63, 3.8) is 0 Å². The Morgan fingerprint density at radius 3 is 3.06 bits per heavy atom. The van der Waals surface area contributed by atoms with E-state index in [1.807, 2.05) is 16.7 Å². The minimum atomic E-state index is 0.131. The predicted octanol–water partition coefficient (Wildman–Crippen LogP) is 2.17. The van der Waals surface area contributed by atoms with Gasteiger partial charge in [-0.3, -0.25) is 4.79 Å². The molecule has 1 aromatic carbocycles. The molecular formula is C13H18N2OS. The number of hydrogen-bond donors (Lipinski definition) is 1. The number of nitrogens with two attached hydrogens (primary N) is 1. The summed E-state index contributed by atoms with van der Waals surface area (Å²) in [6.45, 7) is 5.39. The molecule has 0 bridgehead atoms. The van der Waals surface area contributed by atoms with Crippen LogP contribution >= 0.6 is 11.8 Å². The Morgan fingerprint density at radius 2 is 2.35 bits per heavy atom. The van der Waals surface area contributed by atoms with Crippen LogP contribution < -0.4 is 10.6 Å². The zero-order chi connectivity index (χ0) is 12.4. The van der Waals surface area contributed by atoms with E-state index < -0.39 is 0 Å². The Balaban J connectivity index is 2.35. The summed E-state index contributed by atoms with van der Waals surface area (Å²) < 4.78 is 0. The second kappa shape index (κ2) is 5.10. The highest BCUT2D eigenvalue weighted by Gasteiger charge is 2.26. The Bertz CT molecular complexity index is 433. The fourth-order valence-corrected chi connectivity index (χ4v) is 3.14. The monoisotopic (exact) mass is 250 g/mol. The molecule has 0 saturated carbocycles. The van der Waals surface area contributed by atoms with Gasteiger partial charge in [-0.25, -0.2) is 0 Å². The largest absolute Gasteiger partial charge is 0.330 e. The quantitative estimate of drug-likeness (QED) is 0.875. The van der Waals surface area contributed by atoms with E-state index in [4.69, 9.17) is 5.73 Å². The number of aryl methyl sites for hydroxylation is 1. The summed E-state index contributed by atoms with van der Waals surface area (Å²) in [6.07, 6.45) is 0.421. The highest BCUT2D eigenvalue weighted by Crippen LogP contribution is 2.39. The van der Waals surface area contributed by atoms with Crippen molar-refractivity contribution in [2.24, 2.45) is 5.73 Å². The summed E-state index contributed by atoms with van der Waals surface area (Å²) in [6, 6.07) is 6.28. The van der Waals surface area contributed by atoms with Gasteiger partial charge in [0.25, 0.3) is 0 Å². The van der Waals surface area contributed by atoms with Gasteiger partial charge in [0.15, 0.2) is 0 Å². The molecule has 1 aliphatic heterocycles. The molecule has 0 radical (unpaired) electrons. The molecule has 1 atom stereocenters. The lowest BCUT2D eigenvalue weighted by Crippen LogP contribution is -2.39. The van der Waals surface area contributed by atoms with Crippen LogP contribution in [-0.4, -0.2) is 24.2 Å². The highest BCUT2D eigenvalue weighted by molar-refractivity contribution is 8.00. The fourth-order valence-electron chi connectivity index (χ4n) is 2.04. The summed E-state index contributed by atoms with van der Waals surface area (Å²) in [5.74, 6) is 0.131. The third kappa shape index (κ3) is 2.64. The van der Waals surface area contributed by atoms with Gasteiger partial charge in [-0.15, -0.1) is 11.8 Å². The number of nitrogens with zero attached hydrogens (tertiary/aromatic N) is 1. The molecule has 0 aromatic heterocycles. The molecule has 4 heteroatoms. The SMILES string of the molecule is Cc1ccc2c(c1)N(C(=O)CCN)CC(C)S2. The molecule has 1 unspecified atom stereocenters. The van der Waals surface area contributed by atoms with Gasteiger partial charge in [-0.05, 0) is 24.6 Å². The van der Waals surface area contributed by atoms with Crippen LogP contribution in [0.5, 0.6) is 0 Å². The second-order valence-corrected chi connectivity index (χ2v) is 5.92. The van der Waals surface area contributed by atoms with Crippen molar-refractivity contribution in [2.45, 2.75) is 30.4 Å². The van der Waals surface area contributed by atoms with E-state index in [-0.39, 0.29) is 5.91 Å². The maximum absolute atomic E-state index is 12.1. The molecule has 1 aliphatic rings. The number of benzene rings is 1. The van der Waals surface area contributed by atoms with Crippen LogP contribution in [0, 0.1) is 6.92 Å². The molecule has 1 heterocycles. The first kappa shape index (κ1) is 12.5. The number of thioether (sulfide) groups is 1. The number of carbonyl (C=O) groups excluding carboxylic acids is 1. The molecule has 0 spiro atoms. The Hall–Kier alpha value is -1.000. The first-order valence-electron chi connectivity index (χ1n) is 5.89. The maximum atomic E-state index is 12.1. The van der Waals surface area contributed by atoms with E-state index in [2.05, 4.69) is 32.0 Å². The van der Waals surface area contributed by atoms with Gasteiger partial charge in [-0.2, -0.15) is 0 Å². The number of carbonyl (C=O) groups is 1. The zero-order valence-electron chi connectivity index (χ0n) is 10.3. The normalized spacial score (nSPS) is 19.0. The second-order valence-electron chi connectivity index (χ2n) is 4.44. The van der Waals surface area contributed by atoms with Crippen LogP contribution in [0.2, 0.25) is 0 Å². The predicted molar refractivity (Wildman–Crippen MR) is 72.5 cm³/mol.